The summed E-state index contributed by atoms with van der Waals surface area (Å²) in [6.07, 6.45) is 1.46. The minimum atomic E-state index is -3.63. The molecule has 0 atom stereocenters. The first-order valence-corrected chi connectivity index (χ1v) is 5.37. The van der Waals surface area contributed by atoms with Gasteiger partial charge in [-0.05, 0) is 11.6 Å². The lowest BCUT2D eigenvalue weighted by Crippen LogP contribution is -2.20. The number of fused-ring (bicyclic) bond motifs is 1. The number of benzene rings is 1. The van der Waals surface area contributed by atoms with Crippen molar-refractivity contribution in [3.8, 4) is 0 Å². The Morgan fingerprint density at radius 1 is 1.36 bits per heavy atom. The zero-order valence-corrected chi connectivity index (χ0v) is 7.97. The van der Waals surface area contributed by atoms with E-state index in [0.29, 0.717) is 5.56 Å². The third-order valence-electron chi connectivity index (χ3n) is 2.02. The zero-order chi connectivity index (χ0) is 10.3. The normalized spacial score (nSPS) is 17.3. The lowest BCUT2D eigenvalue weighted by atomic mass is 10.1. The van der Waals surface area contributed by atoms with Crippen LogP contribution in [0, 0.1) is 0 Å². The molecular weight excluding hydrogens is 202 g/mol. The average Bonchev–Trinajstić information content (AvgIpc) is 2.38. The molecule has 0 bridgehead atoms. The fourth-order valence-electron chi connectivity index (χ4n) is 1.41. The molecule has 1 aliphatic heterocycles. The molecule has 1 aliphatic rings. The molecule has 1 amide bonds. The van der Waals surface area contributed by atoms with Crippen molar-refractivity contribution < 1.29 is 13.2 Å². The van der Waals surface area contributed by atoms with Gasteiger partial charge in [-0.3, -0.25) is 4.79 Å². The highest BCUT2D eigenvalue weighted by molar-refractivity contribution is 7.90. The maximum atomic E-state index is 11.4. The van der Waals surface area contributed by atoms with Gasteiger partial charge in [0, 0.05) is 0 Å². The lowest BCUT2D eigenvalue weighted by Gasteiger charge is -1.97. The van der Waals surface area contributed by atoms with Gasteiger partial charge in [-0.1, -0.05) is 24.8 Å². The molecule has 1 aromatic rings. The summed E-state index contributed by atoms with van der Waals surface area (Å²) in [5.41, 5.74) is 0.712. The molecule has 4 nitrogen and oxygen atoms in total. The van der Waals surface area contributed by atoms with Crippen LogP contribution < -0.4 is 4.72 Å². The van der Waals surface area contributed by atoms with Gasteiger partial charge in [-0.15, -0.1) is 0 Å². The van der Waals surface area contributed by atoms with Crippen molar-refractivity contribution in [2.45, 2.75) is 4.90 Å². The monoisotopic (exact) mass is 209 g/mol. The SMILES string of the molecule is C=Cc1cccc2c1C(=O)NS2(=O)=O. The minimum Gasteiger partial charge on any atom is -0.268 e. The van der Waals surface area contributed by atoms with Crippen LogP contribution in [0.15, 0.2) is 29.7 Å². The minimum absolute atomic E-state index is 0.0277. The molecule has 0 unspecified atom stereocenters. The summed E-state index contributed by atoms with van der Waals surface area (Å²) >= 11 is 0. The van der Waals surface area contributed by atoms with Crippen molar-refractivity contribution >= 4 is 22.0 Å². The molecule has 0 aliphatic carbocycles. The highest BCUT2D eigenvalue weighted by Crippen LogP contribution is 2.25. The first-order valence-electron chi connectivity index (χ1n) is 3.89. The number of rotatable bonds is 1. The van der Waals surface area contributed by atoms with Crippen LogP contribution in [0.4, 0.5) is 0 Å². The van der Waals surface area contributed by atoms with Crippen molar-refractivity contribution in [3.63, 3.8) is 0 Å². The molecule has 0 saturated heterocycles. The number of nitrogens with one attached hydrogen (secondary N) is 1. The highest BCUT2D eigenvalue weighted by Gasteiger charge is 2.33. The van der Waals surface area contributed by atoms with Gasteiger partial charge in [0.25, 0.3) is 15.9 Å². The third kappa shape index (κ3) is 1.06. The predicted octanol–water partition coefficient (Wildman–Crippen LogP) is 0.762. The Balaban J connectivity index is 2.87. The predicted molar refractivity (Wildman–Crippen MR) is 51.2 cm³/mol. The van der Waals surface area contributed by atoms with Gasteiger partial charge in [-0.2, -0.15) is 0 Å². The summed E-state index contributed by atoms with van der Waals surface area (Å²) in [6, 6.07) is 4.62. The second-order valence-corrected chi connectivity index (χ2v) is 4.51. The van der Waals surface area contributed by atoms with Gasteiger partial charge < -0.3 is 0 Å². The van der Waals surface area contributed by atoms with Crippen LogP contribution in [0.2, 0.25) is 0 Å². The number of carbonyl (C=O) groups is 1. The highest BCUT2D eigenvalue weighted by atomic mass is 32.2. The van der Waals surface area contributed by atoms with E-state index < -0.39 is 15.9 Å². The van der Waals surface area contributed by atoms with Gasteiger partial charge in [-0.25, -0.2) is 13.1 Å². The van der Waals surface area contributed by atoms with Crippen LogP contribution in [0.5, 0.6) is 0 Å². The maximum absolute atomic E-state index is 11.4. The fourth-order valence-corrected chi connectivity index (χ4v) is 2.61. The van der Waals surface area contributed by atoms with Gasteiger partial charge in [0.15, 0.2) is 0 Å². The van der Waals surface area contributed by atoms with Crippen LogP contribution in [0.25, 0.3) is 6.08 Å². The molecule has 1 heterocycles. The maximum Gasteiger partial charge on any atom is 0.267 e. The quantitative estimate of drug-likeness (QED) is 0.742. The molecule has 14 heavy (non-hydrogen) atoms. The van der Waals surface area contributed by atoms with E-state index in [4.69, 9.17) is 0 Å². The first-order chi connectivity index (χ1) is 6.56. The Kier molecular flexibility index (Phi) is 1.72. The molecule has 5 heteroatoms. The van der Waals surface area contributed by atoms with Crippen LogP contribution in [-0.4, -0.2) is 14.3 Å². The Morgan fingerprint density at radius 3 is 2.71 bits per heavy atom. The molecular formula is C9H7NO3S. The second kappa shape index (κ2) is 2.68. The van der Waals surface area contributed by atoms with Crippen molar-refractivity contribution in [1.29, 1.82) is 0 Å². The standard InChI is InChI=1S/C9H7NO3S/c1-2-6-4-3-5-7-8(6)9(11)10-14(7,12)13/h2-5H,1H2,(H,10,11). The fraction of sp³-hybridized carbons (Fsp3) is 0. The van der Waals surface area contributed by atoms with Gasteiger partial charge in [0.1, 0.15) is 4.90 Å². The van der Waals surface area contributed by atoms with E-state index in [-0.39, 0.29) is 10.5 Å². The lowest BCUT2D eigenvalue weighted by molar-refractivity contribution is 0.0985. The number of amides is 1. The molecule has 0 spiro atoms. The van der Waals surface area contributed by atoms with Crippen LogP contribution >= 0.6 is 0 Å². The Labute approximate surface area is 81.3 Å². The number of sulfonamides is 1. The zero-order valence-electron chi connectivity index (χ0n) is 7.15. The third-order valence-corrected chi connectivity index (χ3v) is 3.40. The first kappa shape index (κ1) is 8.96. The molecule has 0 saturated carbocycles. The second-order valence-electron chi connectivity index (χ2n) is 2.86. The van der Waals surface area contributed by atoms with E-state index in [1.54, 1.807) is 12.1 Å². The number of carbonyl (C=O) groups excluding carboxylic acids is 1. The van der Waals surface area contributed by atoms with Crippen LogP contribution in [0.3, 0.4) is 0 Å². The Hall–Kier alpha value is -1.62. The molecule has 0 fully saturated rings. The van der Waals surface area contributed by atoms with Gasteiger partial charge in [0.2, 0.25) is 0 Å². The molecule has 0 aromatic heterocycles. The molecule has 1 N–H and O–H groups in total. The Bertz CT molecular complexity index is 531. The van der Waals surface area contributed by atoms with E-state index in [2.05, 4.69) is 6.58 Å². The average molecular weight is 209 g/mol. The van der Waals surface area contributed by atoms with E-state index in [9.17, 15) is 13.2 Å². The van der Waals surface area contributed by atoms with Crippen molar-refractivity contribution in [2.24, 2.45) is 0 Å². The number of hydrogen-bond donors (Lipinski definition) is 1. The van der Waals surface area contributed by atoms with E-state index in [1.165, 1.54) is 12.1 Å². The van der Waals surface area contributed by atoms with Crippen molar-refractivity contribution in [2.75, 3.05) is 0 Å². The summed E-state index contributed by atoms with van der Waals surface area (Å²) in [5, 5.41) is 0. The Morgan fingerprint density at radius 2 is 2.07 bits per heavy atom. The van der Waals surface area contributed by atoms with Crippen LogP contribution in [-0.2, 0) is 10.0 Å². The topological polar surface area (TPSA) is 63.2 Å². The van der Waals surface area contributed by atoms with Gasteiger partial charge >= 0.3 is 0 Å². The smallest absolute Gasteiger partial charge is 0.267 e. The van der Waals surface area contributed by atoms with Crippen molar-refractivity contribution in [3.05, 3.63) is 35.9 Å². The summed E-state index contributed by atoms with van der Waals surface area (Å²) in [7, 11) is -3.63. The molecule has 0 radical (unpaired) electrons. The molecule has 2 rings (SSSR count). The summed E-state index contributed by atoms with van der Waals surface area (Å²) in [6.45, 7) is 3.52. The summed E-state index contributed by atoms with van der Waals surface area (Å²) in [4.78, 5) is 11.4. The van der Waals surface area contributed by atoms with Crippen LogP contribution in [0.1, 0.15) is 15.9 Å². The van der Waals surface area contributed by atoms with E-state index in [1.807, 2.05) is 4.72 Å². The molecule has 1 aromatic carbocycles. The van der Waals surface area contributed by atoms with E-state index >= 15 is 0 Å². The van der Waals surface area contributed by atoms with E-state index in [0.717, 1.165) is 0 Å². The van der Waals surface area contributed by atoms with Crippen molar-refractivity contribution in [1.82, 2.24) is 4.72 Å². The molecule has 72 valence electrons. The number of hydrogen-bond acceptors (Lipinski definition) is 3. The summed E-state index contributed by atoms with van der Waals surface area (Å²) in [5.74, 6) is -0.587. The van der Waals surface area contributed by atoms with Gasteiger partial charge in [0.05, 0.1) is 5.56 Å². The largest absolute Gasteiger partial charge is 0.268 e. The summed E-state index contributed by atoms with van der Waals surface area (Å²) < 4.78 is 24.6.